The van der Waals surface area contributed by atoms with Gasteiger partial charge in [0.15, 0.2) is 0 Å². The van der Waals surface area contributed by atoms with Gasteiger partial charge in [-0.05, 0) is 23.6 Å². The van der Waals surface area contributed by atoms with Gasteiger partial charge in [0.25, 0.3) is 0 Å². The van der Waals surface area contributed by atoms with Crippen molar-refractivity contribution in [2.75, 3.05) is 13.1 Å². The van der Waals surface area contributed by atoms with E-state index in [1.807, 2.05) is 18.2 Å². The fraction of sp³-hybridized carbons (Fsp3) is 0.462. The minimum Gasteiger partial charge on any atom is -0.355 e. The maximum atomic E-state index is 11.5. The Morgan fingerprint density at radius 3 is 2.78 bits per heavy atom. The van der Waals surface area contributed by atoms with E-state index in [9.17, 15) is 4.79 Å². The standard InChI is InChI=1S/C13H18BrClN2O/c1-9(2)6-17-13(18)8-16-7-10-3-4-11(15)5-12(10)14/h3-5,9,16H,6-8H2,1-2H3,(H,17,18). The number of hydrogen-bond acceptors (Lipinski definition) is 2. The highest BCUT2D eigenvalue weighted by molar-refractivity contribution is 9.10. The fourth-order valence-corrected chi connectivity index (χ4v) is 2.18. The number of halogens is 2. The molecular weight excluding hydrogens is 316 g/mol. The number of carbonyl (C=O) groups is 1. The Balaban J connectivity index is 2.31. The van der Waals surface area contributed by atoms with Gasteiger partial charge in [-0.1, -0.05) is 47.4 Å². The number of rotatable bonds is 6. The molecule has 0 aliphatic heterocycles. The van der Waals surface area contributed by atoms with Crippen LogP contribution in [0.4, 0.5) is 0 Å². The summed E-state index contributed by atoms with van der Waals surface area (Å²) in [6, 6.07) is 5.62. The highest BCUT2D eigenvalue weighted by atomic mass is 79.9. The predicted octanol–water partition coefficient (Wildman–Crippen LogP) is 2.96. The van der Waals surface area contributed by atoms with Crippen molar-refractivity contribution < 1.29 is 4.79 Å². The van der Waals surface area contributed by atoms with Crippen LogP contribution in [-0.2, 0) is 11.3 Å². The van der Waals surface area contributed by atoms with Crippen LogP contribution in [0.5, 0.6) is 0 Å². The molecule has 0 spiro atoms. The van der Waals surface area contributed by atoms with Gasteiger partial charge in [0.05, 0.1) is 6.54 Å². The van der Waals surface area contributed by atoms with Crippen molar-refractivity contribution in [3.05, 3.63) is 33.3 Å². The fourth-order valence-electron chi connectivity index (χ4n) is 1.36. The molecular formula is C13H18BrClN2O. The molecule has 0 unspecified atom stereocenters. The van der Waals surface area contributed by atoms with Crippen molar-refractivity contribution in [3.8, 4) is 0 Å². The first kappa shape index (κ1) is 15.5. The molecule has 0 fully saturated rings. The molecule has 1 aromatic carbocycles. The topological polar surface area (TPSA) is 41.1 Å². The van der Waals surface area contributed by atoms with E-state index >= 15 is 0 Å². The lowest BCUT2D eigenvalue weighted by molar-refractivity contribution is -0.120. The Hall–Kier alpha value is -0.580. The molecule has 2 N–H and O–H groups in total. The van der Waals surface area contributed by atoms with E-state index in [-0.39, 0.29) is 5.91 Å². The third-order valence-corrected chi connectivity index (χ3v) is 3.30. The predicted molar refractivity (Wildman–Crippen MR) is 78.7 cm³/mol. The summed E-state index contributed by atoms with van der Waals surface area (Å²) in [6.45, 7) is 5.80. The molecule has 18 heavy (non-hydrogen) atoms. The highest BCUT2D eigenvalue weighted by Gasteiger charge is 2.04. The second-order valence-corrected chi connectivity index (χ2v) is 5.83. The molecule has 100 valence electrons. The molecule has 0 saturated heterocycles. The second kappa shape index (κ2) is 7.77. The molecule has 0 bridgehead atoms. The second-order valence-electron chi connectivity index (χ2n) is 4.54. The van der Waals surface area contributed by atoms with E-state index in [2.05, 4.69) is 40.4 Å². The summed E-state index contributed by atoms with van der Waals surface area (Å²) in [6.07, 6.45) is 0. The molecule has 3 nitrogen and oxygen atoms in total. The molecule has 0 radical (unpaired) electrons. The van der Waals surface area contributed by atoms with Gasteiger partial charge in [0.2, 0.25) is 5.91 Å². The van der Waals surface area contributed by atoms with Crippen LogP contribution < -0.4 is 10.6 Å². The smallest absolute Gasteiger partial charge is 0.233 e. The average molecular weight is 334 g/mol. The average Bonchev–Trinajstić information content (AvgIpc) is 2.29. The van der Waals surface area contributed by atoms with Crippen LogP contribution in [0.1, 0.15) is 19.4 Å². The number of nitrogens with one attached hydrogen (secondary N) is 2. The summed E-state index contributed by atoms with van der Waals surface area (Å²) >= 11 is 9.30. The number of hydrogen-bond donors (Lipinski definition) is 2. The van der Waals surface area contributed by atoms with Gasteiger partial charge in [-0.3, -0.25) is 4.79 Å². The Kier molecular flexibility index (Phi) is 6.68. The van der Waals surface area contributed by atoms with Crippen molar-refractivity contribution in [1.29, 1.82) is 0 Å². The van der Waals surface area contributed by atoms with Crippen LogP contribution in [0.3, 0.4) is 0 Å². The summed E-state index contributed by atoms with van der Waals surface area (Å²) in [5, 5.41) is 6.65. The Morgan fingerprint density at radius 2 is 2.17 bits per heavy atom. The Bertz CT molecular complexity index is 410. The zero-order chi connectivity index (χ0) is 13.5. The first-order valence-electron chi connectivity index (χ1n) is 5.90. The van der Waals surface area contributed by atoms with E-state index in [0.29, 0.717) is 30.6 Å². The van der Waals surface area contributed by atoms with Crippen LogP contribution in [0.15, 0.2) is 22.7 Å². The largest absolute Gasteiger partial charge is 0.355 e. The van der Waals surface area contributed by atoms with Crippen LogP contribution in [0.2, 0.25) is 5.02 Å². The molecule has 0 aliphatic rings. The van der Waals surface area contributed by atoms with E-state index < -0.39 is 0 Å². The van der Waals surface area contributed by atoms with Crippen LogP contribution >= 0.6 is 27.5 Å². The van der Waals surface area contributed by atoms with Gasteiger partial charge >= 0.3 is 0 Å². The van der Waals surface area contributed by atoms with Gasteiger partial charge < -0.3 is 10.6 Å². The zero-order valence-corrected chi connectivity index (χ0v) is 12.9. The third kappa shape index (κ3) is 5.85. The van der Waals surface area contributed by atoms with Gasteiger partial charge in [-0.2, -0.15) is 0 Å². The van der Waals surface area contributed by atoms with Crippen molar-refractivity contribution in [2.24, 2.45) is 5.92 Å². The van der Waals surface area contributed by atoms with Gasteiger partial charge in [0.1, 0.15) is 0 Å². The Morgan fingerprint density at radius 1 is 1.44 bits per heavy atom. The lowest BCUT2D eigenvalue weighted by Crippen LogP contribution is -2.35. The quantitative estimate of drug-likeness (QED) is 0.840. The van der Waals surface area contributed by atoms with Crippen LogP contribution in [0, 0.1) is 5.92 Å². The molecule has 1 amide bonds. The van der Waals surface area contributed by atoms with Gasteiger partial charge in [-0.25, -0.2) is 0 Å². The van der Waals surface area contributed by atoms with E-state index in [0.717, 1.165) is 10.0 Å². The SMILES string of the molecule is CC(C)CNC(=O)CNCc1ccc(Cl)cc1Br. The molecule has 0 atom stereocenters. The summed E-state index contributed by atoms with van der Waals surface area (Å²) in [4.78, 5) is 11.5. The van der Waals surface area contributed by atoms with Crippen molar-refractivity contribution >= 4 is 33.4 Å². The summed E-state index contributed by atoms with van der Waals surface area (Å²) in [5.41, 5.74) is 1.08. The maximum absolute atomic E-state index is 11.5. The lowest BCUT2D eigenvalue weighted by Gasteiger charge is -2.09. The molecule has 5 heteroatoms. The number of carbonyl (C=O) groups excluding carboxylic acids is 1. The summed E-state index contributed by atoms with van der Waals surface area (Å²) in [5.74, 6) is 0.494. The normalized spacial score (nSPS) is 10.7. The van der Waals surface area contributed by atoms with E-state index in [4.69, 9.17) is 11.6 Å². The zero-order valence-electron chi connectivity index (χ0n) is 10.6. The van der Waals surface area contributed by atoms with Crippen molar-refractivity contribution in [3.63, 3.8) is 0 Å². The highest BCUT2D eigenvalue weighted by Crippen LogP contribution is 2.21. The van der Waals surface area contributed by atoms with E-state index in [1.165, 1.54) is 0 Å². The molecule has 1 aromatic rings. The van der Waals surface area contributed by atoms with Crippen molar-refractivity contribution in [2.45, 2.75) is 20.4 Å². The molecule has 0 heterocycles. The van der Waals surface area contributed by atoms with Gasteiger partial charge in [0, 0.05) is 22.6 Å². The van der Waals surface area contributed by atoms with Crippen LogP contribution in [0.25, 0.3) is 0 Å². The minimum absolute atomic E-state index is 0.0220. The minimum atomic E-state index is 0.0220. The molecule has 1 rings (SSSR count). The van der Waals surface area contributed by atoms with Crippen molar-refractivity contribution in [1.82, 2.24) is 10.6 Å². The number of benzene rings is 1. The Labute approximate surface area is 121 Å². The van der Waals surface area contributed by atoms with Crippen LogP contribution in [-0.4, -0.2) is 19.0 Å². The summed E-state index contributed by atoms with van der Waals surface area (Å²) in [7, 11) is 0. The van der Waals surface area contributed by atoms with Gasteiger partial charge in [-0.15, -0.1) is 0 Å². The molecule has 0 aromatic heterocycles. The number of amides is 1. The maximum Gasteiger partial charge on any atom is 0.233 e. The summed E-state index contributed by atoms with van der Waals surface area (Å²) < 4.78 is 0.949. The molecule has 0 saturated carbocycles. The van der Waals surface area contributed by atoms with E-state index in [1.54, 1.807) is 0 Å². The monoisotopic (exact) mass is 332 g/mol. The first-order chi connectivity index (χ1) is 8.49. The molecule has 0 aliphatic carbocycles. The third-order valence-electron chi connectivity index (χ3n) is 2.32. The first-order valence-corrected chi connectivity index (χ1v) is 7.07. The lowest BCUT2D eigenvalue weighted by atomic mass is 10.2.